The van der Waals surface area contributed by atoms with Crippen molar-refractivity contribution < 1.29 is 8.78 Å². The third-order valence-electron chi connectivity index (χ3n) is 1.53. The molecule has 0 saturated carbocycles. The summed E-state index contributed by atoms with van der Waals surface area (Å²) in [6.07, 6.45) is -1.06. The summed E-state index contributed by atoms with van der Waals surface area (Å²) in [6.45, 7) is 0. The first-order chi connectivity index (χ1) is 6.18. The van der Waals surface area contributed by atoms with Crippen LogP contribution in [0.4, 0.5) is 8.78 Å². The number of alkyl halides is 2. The summed E-state index contributed by atoms with van der Waals surface area (Å²) in [4.78, 5) is 3.67. The summed E-state index contributed by atoms with van der Waals surface area (Å²) in [7, 11) is 0. The molecule has 6 heteroatoms. The minimum absolute atomic E-state index is 0.401. The zero-order chi connectivity index (χ0) is 9.42. The van der Waals surface area contributed by atoms with Gasteiger partial charge in [0.1, 0.15) is 0 Å². The molecule has 0 aromatic carbocycles. The lowest BCUT2D eigenvalue weighted by Crippen LogP contribution is -1.88. The van der Waals surface area contributed by atoms with Crippen LogP contribution in [0.2, 0.25) is 0 Å². The third kappa shape index (κ3) is 1.41. The highest BCUT2D eigenvalue weighted by Crippen LogP contribution is 2.19. The Labute approximate surface area is 80.5 Å². The Bertz CT molecular complexity index is 440. The second kappa shape index (κ2) is 3.02. The minimum Gasteiger partial charge on any atom is -0.219 e. The van der Waals surface area contributed by atoms with Crippen LogP contribution in [0.1, 0.15) is 12.2 Å². The molecule has 0 amide bonds. The van der Waals surface area contributed by atoms with Crippen molar-refractivity contribution in [2.45, 2.75) is 6.43 Å². The van der Waals surface area contributed by atoms with E-state index in [1.807, 2.05) is 0 Å². The van der Waals surface area contributed by atoms with Gasteiger partial charge in [-0.15, -0.1) is 5.10 Å². The fraction of sp³-hybridized carbons (Fsp3) is 0.143. The highest BCUT2D eigenvalue weighted by atomic mass is 79.9. The maximum Gasteiger partial charge on any atom is 0.299 e. The molecule has 0 aliphatic heterocycles. The smallest absolute Gasteiger partial charge is 0.219 e. The number of pyridine rings is 1. The molecule has 0 aliphatic carbocycles. The topological polar surface area (TPSA) is 30.2 Å². The van der Waals surface area contributed by atoms with Crippen LogP contribution in [-0.2, 0) is 0 Å². The second-order valence-corrected chi connectivity index (χ2v) is 3.25. The van der Waals surface area contributed by atoms with Crippen molar-refractivity contribution in [3.8, 4) is 0 Å². The molecule has 0 fully saturated rings. The van der Waals surface area contributed by atoms with Gasteiger partial charge in [0, 0.05) is 6.20 Å². The highest BCUT2D eigenvalue weighted by molar-refractivity contribution is 9.10. The molecule has 0 aliphatic rings. The Morgan fingerprint density at radius 3 is 2.85 bits per heavy atom. The van der Waals surface area contributed by atoms with Crippen LogP contribution in [-0.4, -0.2) is 14.6 Å². The predicted octanol–water partition coefficient (Wildman–Crippen LogP) is 2.43. The van der Waals surface area contributed by atoms with Gasteiger partial charge in [0.15, 0.2) is 5.65 Å². The summed E-state index contributed by atoms with van der Waals surface area (Å²) in [5, 5.41) is 3.60. The largest absolute Gasteiger partial charge is 0.299 e. The number of fused-ring (bicyclic) bond motifs is 1. The standard InChI is InChI=1S/C7H4BrF2N3/c8-4-2-1-3-13-7(4)11-6(12-13)5(9)10/h1-3,5H. The summed E-state index contributed by atoms with van der Waals surface area (Å²) < 4.78 is 26.3. The van der Waals surface area contributed by atoms with Crippen molar-refractivity contribution in [1.82, 2.24) is 14.6 Å². The number of halogens is 3. The van der Waals surface area contributed by atoms with E-state index in [0.717, 1.165) is 0 Å². The Morgan fingerprint density at radius 2 is 2.23 bits per heavy atom. The minimum atomic E-state index is -2.63. The molecule has 0 atom stereocenters. The van der Waals surface area contributed by atoms with Crippen LogP contribution in [0, 0.1) is 0 Å². The molecule has 68 valence electrons. The van der Waals surface area contributed by atoms with Crippen LogP contribution >= 0.6 is 15.9 Å². The molecule has 3 nitrogen and oxygen atoms in total. The number of nitrogens with zero attached hydrogens (tertiary/aromatic N) is 3. The molecule has 0 radical (unpaired) electrons. The van der Waals surface area contributed by atoms with E-state index in [1.54, 1.807) is 18.3 Å². The predicted molar refractivity (Wildman–Crippen MR) is 45.6 cm³/mol. The van der Waals surface area contributed by atoms with Crippen LogP contribution in [0.15, 0.2) is 22.8 Å². The molecule has 2 aromatic rings. The fourth-order valence-corrected chi connectivity index (χ4v) is 1.41. The van der Waals surface area contributed by atoms with Gasteiger partial charge in [0.25, 0.3) is 6.43 Å². The van der Waals surface area contributed by atoms with Crippen molar-refractivity contribution in [3.05, 3.63) is 28.6 Å². The summed E-state index contributed by atoms with van der Waals surface area (Å²) >= 11 is 3.19. The lowest BCUT2D eigenvalue weighted by molar-refractivity contribution is 0.140. The van der Waals surface area contributed by atoms with E-state index in [9.17, 15) is 8.78 Å². The molecule has 0 unspecified atom stereocenters. The average molecular weight is 248 g/mol. The van der Waals surface area contributed by atoms with Crippen molar-refractivity contribution in [3.63, 3.8) is 0 Å². The SMILES string of the molecule is FC(F)c1nc2c(Br)cccn2n1. The fourth-order valence-electron chi connectivity index (χ4n) is 0.983. The third-order valence-corrected chi connectivity index (χ3v) is 2.15. The van der Waals surface area contributed by atoms with Gasteiger partial charge in [0.05, 0.1) is 4.47 Å². The first-order valence-electron chi connectivity index (χ1n) is 3.47. The highest BCUT2D eigenvalue weighted by Gasteiger charge is 2.14. The molecular weight excluding hydrogens is 244 g/mol. The van der Waals surface area contributed by atoms with Gasteiger partial charge >= 0.3 is 0 Å². The number of aromatic nitrogens is 3. The lowest BCUT2D eigenvalue weighted by atomic mass is 10.5. The molecule has 2 rings (SSSR count). The van der Waals surface area contributed by atoms with E-state index in [1.165, 1.54) is 4.52 Å². The van der Waals surface area contributed by atoms with E-state index in [2.05, 4.69) is 26.0 Å². The molecule has 0 spiro atoms. The van der Waals surface area contributed by atoms with E-state index in [0.29, 0.717) is 10.1 Å². The molecular formula is C7H4BrF2N3. The molecule has 2 aromatic heterocycles. The number of hydrogen-bond donors (Lipinski definition) is 0. The van der Waals surface area contributed by atoms with Crippen molar-refractivity contribution in [2.75, 3.05) is 0 Å². The van der Waals surface area contributed by atoms with E-state index in [4.69, 9.17) is 0 Å². The van der Waals surface area contributed by atoms with Crippen molar-refractivity contribution in [1.29, 1.82) is 0 Å². The van der Waals surface area contributed by atoms with Crippen LogP contribution < -0.4 is 0 Å². The van der Waals surface area contributed by atoms with Gasteiger partial charge < -0.3 is 0 Å². The van der Waals surface area contributed by atoms with Gasteiger partial charge in [-0.3, -0.25) is 0 Å². The summed E-state index contributed by atoms with van der Waals surface area (Å²) in [6, 6.07) is 3.42. The van der Waals surface area contributed by atoms with E-state index in [-0.39, 0.29) is 0 Å². The van der Waals surface area contributed by atoms with E-state index >= 15 is 0 Å². The Morgan fingerprint density at radius 1 is 1.46 bits per heavy atom. The Hall–Kier alpha value is -1.04. The van der Waals surface area contributed by atoms with Crippen LogP contribution in [0.5, 0.6) is 0 Å². The van der Waals surface area contributed by atoms with Gasteiger partial charge in [-0.05, 0) is 28.1 Å². The lowest BCUT2D eigenvalue weighted by Gasteiger charge is -1.90. The zero-order valence-electron chi connectivity index (χ0n) is 6.28. The van der Waals surface area contributed by atoms with Crippen molar-refractivity contribution in [2.24, 2.45) is 0 Å². The Balaban J connectivity index is 2.68. The zero-order valence-corrected chi connectivity index (χ0v) is 7.87. The van der Waals surface area contributed by atoms with Gasteiger partial charge in [-0.2, -0.15) is 0 Å². The molecule has 0 bridgehead atoms. The molecule has 0 N–H and O–H groups in total. The summed E-state index contributed by atoms with van der Waals surface area (Å²) in [5.41, 5.74) is 0.401. The monoisotopic (exact) mass is 247 g/mol. The normalized spacial score (nSPS) is 11.4. The first-order valence-corrected chi connectivity index (χ1v) is 4.27. The summed E-state index contributed by atoms with van der Waals surface area (Å²) in [5.74, 6) is -0.452. The second-order valence-electron chi connectivity index (χ2n) is 2.40. The van der Waals surface area contributed by atoms with Crippen LogP contribution in [0.3, 0.4) is 0 Å². The van der Waals surface area contributed by atoms with Crippen molar-refractivity contribution >= 4 is 21.6 Å². The van der Waals surface area contributed by atoms with Gasteiger partial charge in [0.2, 0.25) is 5.82 Å². The quantitative estimate of drug-likeness (QED) is 0.775. The average Bonchev–Trinajstić information content (AvgIpc) is 2.49. The number of hydrogen-bond acceptors (Lipinski definition) is 2. The van der Waals surface area contributed by atoms with E-state index < -0.39 is 12.2 Å². The molecule has 13 heavy (non-hydrogen) atoms. The van der Waals surface area contributed by atoms with Crippen LogP contribution in [0.25, 0.3) is 5.65 Å². The molecule has 2 heterocycles. The first kappa shape index (κ1) is 8.55. The maximum absolute atomic E-state index is 12.2. The van der Waals surface area contributed by atoms with Gasteiger partial charge in [-0.25, -0.2) is 18.3 Å². The Kier molecular flexibility index (Phi) is 1.99. The maximum atomic E-state index is 12.2. The molecule has 0 saturated heterocycles. The van der Waals surface area contributed by atoms with Gasteiger partial charge in [-0.1, -0.05) is 0 Å². The number of rotatable bonds is 1.